The van der Waals surface area contributed by atoms with E-state index in [1.54, 1.807) is 25.1 Å². The molecule has 1 aromatic carbocycles. The van der Waals surface area contributed by atoms with Crippen LogP contribution in [0.15, 0.2) is 41.4 Å². The Balaban J connectivity index is 2.10. The molecule has 1 aromatic heterocycles. The summed E-state index contributed by atoms with van der Waals surface area (Å²) in [5, 5.41) is 3.36. The van der Waals surface area contributed by atoms with Crippen LogP contribution in [0.5, 0.6) is 5.75 Å². The molecule has 0 saturated carbocycles. The molecule has 0 unspecified atom stereocenters. The third-order valence-corrected chi connectivity index (χ3v) is 3.68. The molecule has 0 radical (unpaired) electrons. The molecule has 3 nitrogen and oxygen atoms in total. The topological polar surface area (TPSA) is 34.1 Å². The first-order chi connectivity index (χ1) is 9.24. The number of thioether (sulfide) groups is 1. The Morgan fingerprint density at radius 2 is 2.16 bits per heavy atom. The highest BCUT2D eigenvalue weighted by molar-refractivity contribution is 7.98. The highest BCUT2D eigenvalue weighted by Gasteiger charge is 2.04. The van der Waals surface area contributed by atoms with Crippen molar-refractivity contribution in [2.45, 2.75) is 18.4 Å². The van der Waals surface area contributed by atoms with Gasteiger partial charge in [0.15, 0.2) is 0 Å². The van der Waals surface area contributed by atoms with E-state index in [0.29, 0.717) is 0 Å². The van der Waals surface area contributed by atoms with Gasteiger partial charge in [0.1, 0.15) is 11.6 Å². The van der Waals surface area contributed by atoms with Gasteiger partial charge >= 0.3 is 0 Å². The van der Waals surface area contributed by atoms with Crippen LogP contribution in [0, 0.1) is 6.92 Å². The number of hydrogen-bond acceptors (Lipinski definition) is 4. The number of hydrogen-bond donors (Lipinski definition) is 1. The predicted octanol–water partition coefficient (Wildman–Crippen LogP) is 3.73. The minimum atomic E-state index is 0.759. The van der Waals surface area contributed by atoms with Gasteiger partial charge in [-0.25, -0.2) is 4.98 Å². The third-order valence-electron chi connectivity index (χ3n) is 2.92. The van der Waals surface area contributed by atoms with Crippen molar-refractivity contribution < 1.29 is 4.74 Å². The van der Waals surface area contributed by atoms with Gasteiger partial charge < -0.3 is 10.1 Å². The quantitative estimate of drug-likeness (QED) is 0.842. The molecule has 4 heteroatoms. The Labute approximate surface area is 118 Å². The summed E-state index contributed by atoms with van der Waals surface area (Å²) < 4.78 is 5.32. The minimum Gasteiger partial charge on any atom is -0.496 e. The molecule has 0 spiro atoms. The number of ether oxygens (including phenoxy) is 1. The van der Waals surface area contributed by atoms with Crippen molar-refractivity contribution in [3.05, 3.63) is 47.7 Å². The molecule has 0 saturated heterocycles. The Morgan fingerprint density at radius 1 is 1.32 bits per heavy atom. The van der Waals surface area contributed by atoms with Crippen molar-refractivity contribution >= 4 is 17.6 Å². The van der Waals surface area contributed by atoms with Crippen LogP contribution in [0.25, 0.3) is 0 Å². The first-order valence-electron chi connectivity index (χ1n) is 6.11. The summed E-state index contributed by atoms with van der Waals surface area (Å²) in [4.78, 5) is 5.48. The molecule has 0 amide bonds. The van der Waals surface area contributed by atoms with Crippen molar-refractivity contribution in [2.75, 3.05) is 18.7 Å². The number of pyridine rings is 1. The molecule has 100 valence electrons. The zero-order valence-electron chi connectivity index (χ0n) is 11.4. The second-order valence-corrected chi connectivity index (χ2v) is 5.06. The fourth-order valence-corrected chi connectivity index (χ4v) is 2.47. The van der Waals surface area contributed by atoms with Crippen molar-refractivity contribution in [1.29, 1.82) is 0 Å². The highest BCUT2D eigenvalue weighted by Crippen LogP contribution is 2.28. The largest absolute Gasteiger partial charge is 0.496 e. The molecule has 19 heavy (non-hydrogen) atoms. The number of aromatic nitrogens is 1. The Morgan fingerprint density at radius 3 is 2.84 bits per heavy atom. The Kier molecular flexibility index (Phi) is 4.68. The number of nitrogens with zero attached hydrogens (tertiary/aromatic N) is 1. The van der Waals surface area contributed by atoms with E-state index in [1.807, 2.05) is 12.1 Å². The molecule has 0 fully saturated rings. The number of anilines is 1. The summed E-state index contributed by atoms with van der Waals surface area (Å²) in [5.41, 5.74) is 2.37. The van der Waals surface area contributed by atoms with Gasteiger partial charge in [-0.3, -0.25) is 0 Å². The maximum Gasteiger partial charge on any atom is 0.132 e. The fraction of sp³-hybridized carbons (Fsp3) is 0.267. The van der Waals surface area contributed by atoms with Gasteiger partial charge in [0.2, 0.25) is 0 Å². The van der Waals surface area contributed by atoms with Gasteiger partial charge in [0.05, 0.1) is 7.11 Å². The van der Waals surface area contributed by atoms with E-state index >= 15 is 0 Å². The third kappa shape index (κ3) is 3.41. The first-order valence-corrected chi connectivity index (χ1v) is 7.33. The molecule has 1 heterocycles. The van der Waals surface area contributed by atoms with Crippen LogP contribution in [0.3, 0.4) is 0 Å². The van der Waals surface area contributed by atoms with E-state index < -0.39 is 0 Å². The van der Waals surface area contributed by atoms with Crippen LogP contribution in [-0.4, -0.2) is 18.3 Å². The second-order valence-electron chi connectivity index (χ2n) is 4.21. The first kappa shape index (κ1) is 13.7. The van der Waals surface area contributed by atoms with Gasteiger partial charge in [-0.2, -0.15) is 0 Å². The lowest BCUT2D eigenvalue weighted by atomic mass is 10.2. The number of rotatable bonds is 5. The molecule has 0 aliphatic carbocycles. The summed E-state index contributed by atoms with van der Waals surface area (Å²) in [6.07, 6.45) is 3.86. The Hall–Kier alpha value is -1.68. The Bertz CT molecular complexity index is 558. The van der Waals surface area contributed by atoms with Gasteiger partial charge in [0, 0.05) is 17.6 Å². The van der Waals surface area contributed by atoms with Crippen LogP contribution in [0.2, 0.25) is 0 Å². The molecule has 1 N–H and O–H groups in total. The lowest BCUT2D eigenvalue weighted by Gasteiger charge is -2.11. The van der Waals surface area contributed by atoms with Crippen molar-refractivity contribution in [3.8, 4) is 5.75 Å². The number of methoxy groups -OCH3 is 1. The van der Waals surface area contributed by atoms with Crippen molar-refractivity contribution in [1.82, 2.24) is 4.98 Å². The van der Waals surface area contributed by atoms with Crippen LogP contribution in [0.4, 0.5) is 5.82 Å². The zero-order valence-corrected chi connectivity index (χ0v) is 12.3. The lowest BCUT2D eigenvalue weighted by molar-refractivity contribution is 0.404. The van der Waals surface area contributed by atoms with Crippen LogP contribution in [-0.2, 0) is 6.54 Å². The van der Waals surface area contributed by atoms with Crippen molar-refractivity contribution in [3.63, 3.8) is 0 Å². The smallest absolute Gasteiger partial charge is 0.132 e. The second kappa shape index (κ2) is 6.48. The summed E-state index contributed by atoms with van der Waals surface area (Å²) in [5.74, 6) is 1.86. The molecular weight excluding hydrogens is 256 g/mol. The molecule has 2 aromatic rings. The van der Waals surface area contributed by atoms with Crippen LogP contribution >= 0.6 is 11.8 Å². The van der Waals surface area contributed by atoms with Gasteiger partial charge in [-0.1, -0.05) is 12.1 Å². The van der Waals surface area contributed by atoms with Gasteiger partial charge in [-0.15, -0.1) is 11.8 Å². The summed E-state index contributed by atoms with van der Waals surface area (Å²) in [6, 6.07) is 10.2. The SMILES string of the molecule is COc1ccc(CNc2ncccc2C)cc1SC. The molecule has 0 aliphatic heterocycles. The van der Waals surface area contributed by atoms with Gasteiger partial charge in [-0.05, 0) is 42.5 Å². The number of aryl methyl sites for hydroxylation is 1. The van der Waals surface area contributed by atoms with Gasteiger partial charge in [0.25, 0.3) is 0 Å². The highest BCUT2D eigenvalue weighted by atomic mass is 32.2. The molecular formula is C15H18N2OS. The monoisotopic (exact) mass is 274 g/mol. The average Bonchev–Trinajstić information content (AvgIpc) is 2.46. The fourth-order valence-electron chi connectivity index (χ4n) is 1.85. The normalized spacial score (nSPS) is 10.3. The van der Waals surface area contributed by atoms with Crippen LogP contribution in [0.1, 0.15) is 11.1 Å². The summed E-state index contributed by atoms with van der Waals surface area (Å²) >= 11 is 1.69. The number of nitrogens with one attached hydrogen (secondary N) is 1. The van der Waals surface area contributed by atoms with E-state index in [0.717, 1.165) is 28.6 Å². The molecule has 0 atom stereocenters. The van der Waals surface area contributed by atoms with Crippen molar-refractivity contribution in [2.24, 2.45) is 0 Å². The zero-order chi connectivity index (χ0) is 13.7. The van der Waals surface area contributed by atoms with E-state index in [1.165, 1.54) is 5.56 Å². The average molecular weight is 274 g/mol. The summed E-state index contributed by atoms with van der Waals surface area (Å²) in [7, 11) is 1.70. The van der Waals surface area contributed by atoms with Crippen LogP contribution < -0.4 is 10.1 Å². The standard InChI is InChI=1S/C15H18N2OS/c1-11-5-4-8-16-15(11)17-10-12-6-7-13(18-2)14(9-12)19-3/h4-9H,10H2,1-3H3,(H,16,17). The molecule has 0 bridgehead atoms. The summed E-state index contributed by atoms with van der Waals surface area (Å²) in [6.45, 7) is 2.81. The molecule has 0 aliphatic rings. The van der Waals surface area contributed by atoms with E-state index in [9.17, 15) is 0 Å². The van der Waals surface area contributed by atoms with E-state index in [2.05, 4.69) is 41.7 Å². The van der Waals surface area contributed by atoms with E-state index in [-0.39, 0.29) is 0 Å². The predicted molar refractivity (Wildman–Crippen MR) is 81.1 cm³/mol. The number of benzene rings is 1. The lowest BCUT2D eigenvalue weighted by Crippen LogP contribution is -2.03. The maximum atomic E-state index is 5.32. The molecule has 2 rings (SSSR count). The maximum absolute atomic E-state index is 5.32. The minimum absolute atomic E-state index is 0.759. The van der Waals surface area contributed by atoms with E-state index in [4.69, 9.17) is 4.74 Å².